The van der Waals surface area contributed by atoms with Crippen LogP contribution in [0.4, 0.5) is 0 Å². The van der Waals surface area contributed by atoms with Gasteiger partial charge in [-0.1, -0.05) is 6.07 Å². The molecule has 94 valence electrons. The van der Waals surface area contributed by atoms with Crippen LogP contribution in [0.15, 0.2) is 29.6 Å². The van der Waals surface area contributed by atoms with Gasteiger partial charge in [0.2, 0.25) is 0 Å². The first-order valence-electron chi connectivity index (χ1n) is 6.16. The van der Waals surface area contributed by atoms with Crippen LogP contribution >= 0.6 is 11.3 Å². The number of fused-ring (bicyclic) bond motifs is 1. The number of hydrogen-bond acceptors (Lipinski definition) is 3. The first-order chi connectivity index (χ1) is 8.65. The van der Waals surface area contributed by atoms with Gasteiger partial charge in [-0.15, -0.1) is 11.3 Å². The minimum Gasteiger partial charge on any atom is -0.497 e. The molecule has 0 bridgehead atoms. The summed E-state index contributed by atoms with van der Waals surface area (Å²) in [7, 11) is 1.70. The number of thiophene rings is 1. The fourth-order valence-corrected chi connectivity index (χ4v) is 3.93. The molecule has 0 saturated carbocycles. The zero-order chi connectivity index (χ0) is 12.8. The lowest BCUT2D eigenvalue weighted by atomic mass is 9.89. The second-order valence-corrected chi connectivity index (χ2v) is 5.84. The smallest absolute Gasteiger partial charge is 0.119 e. The van der Waals surface area contributed by atoms with Gasteiger partial charge in [0.25, 0.3) is 0 Å². The highest BCUT2D eigenvalue weighted by molar-refractivity contribution is 7.10. The van der Waals surface area contributed by atoms with E-state index in [-0.39, 0.29) is 5.54 Å². The molecule has 0 aliphatic heterocycles. The van der Waals surface area contributed by atoms with E-state index in [1.165, 1.54) is 21.6 Å². The Morgan fingerprint density at radius 1 is 1.33 bits per heavy atom. The van der Waals surface area contributed by atoms with Gasteiger partial charge in [0, 0.05) is 4.88 Å². The van der Waals surface area contributed by atoms with Crippen LogP contribution in [0, 0.1) is 6.92 Å². The molecule has 0 radical (unpaired) electrons. The summed E-state index contributed by atoms with van der Waals surface area (Å²) in [6.07, 6.45) is 2.03. The molecule has 1 unspecified atom stereocenters. The van der Waals surface area contributed by atoms with Gasteiger partial charge in [-0.25, -0.2) is 0 Å². The quantitative estimate of drug-likeness (QED) is 0.898. The molecule has 0 amide bonds. The van der Waals surface area contributed by atoms with Crippen LogP contribution in [0.5, 0.6) is 5.75 Å². The molecule has 2 aromatic rings. The van der Waals surface area contributed by atoms with Crippen LogP contribution in [0.3, 0.4) is 0 Å². The summed E-state index contributed by atoms with van der Waals surface area (Å²) in [5.74, 6) is 0.889. The highest BCUT2D eigenvalue weighted by atomic mass is 32.1. The number of aryl methyl sites for hydroxylation is 2. The predicted octanol–water partition coefficient (Wildman–Crippen LogP) is 3.21. The first kappa shape index (κ1) is 11.8. The minimum atomic E-state index is -0.331. The molecule has 0 saturated heterocycles. The molecule has 2 nitrogen and oxygen atoms in total. The van der Waals surface area contributed by atoms with Crippen LogP contribution in [-0.4, -0.2) is 7.11 Å². The summed E-state index contributed by atoms with van der Waals surface area (Å²) >= 11 is 1.76. The lowest BCUT2D eigenvalue weighted by Crippen LogP contribution is -2.35. The Morgan fingerprint density at radius 3 is 2.83 bits per heavy atom. The van der Waals surface area contributed by atoms with Gasteiger partial charge in [0.05, 0.1) is 12.6 Å². The van der Waals surface area contributed by atoms with E-state index >= 15 is 0 Å². The molecule has 3 rings (SSSR count). The molecule has 1 atom stereocenters. The second-order valence-electron chi connectivity index (χ2n) is 4.93. The van der Waals surface area contributed by atoms with E-state index in [4.69, 9.17) is 10.5 Å². The molecule has 0 spiro atoms. The highest BCUT2D eigenvalue weighted by Gasteiger charge is 2.38. The molecule has 1 aromatic carbocycles. The molecule has 3 heteroatoms. The number of nitrogens with two attached hydrogens (primary N) is 1. The van der Waals surface area contributed by atoms with E-state index in [0.29, 0.717) is 0 Å². The lowest BCUT2D eigenvalue weighted by molar-refractivity contribution is 0.413. The Kier molecular flexibility index (Phi) is 2.68. The largest absolute Gasteiger partial charge is 0.497 e. The summed E-state index contributed by atoms with van der Waals surface area (Å²) in [4.78, 5) is 1.29. The van der Waals surface area contributed by atoms with Gasteiger partial charge in [-0.3, -0.25) is 0 Å². The van der Waals surface area contributed by atoms with Crippen molar-refractivity contribution in [1.82, 2.24) is 0 Å². The number of hydrogen-bond donors (Lipinski definition) is 1. The maximum atomic E-state index is 6.72. The standard InChI is InChI=1S/C15H17NOS/c1-10-6-8-18-14(10)15(16)7-5-11-3-4-12(17-2)9-13(11)15/h3-4,6,8-9H,5,7,16H2,1-2H3. The Balaban J connectivity index is 2.16. The van der Waals surface area contributed by atoms with Gasteiger partial charge in [0.1, 0.15) is 5.75 Å². The fourth-order valence-electron chi connectivity index (χ4n) is 2.85. The van der Waals surface area contributed by atoms with Gasteiger partial charge < -0.3 is 10.5 Å². The van der Waals surface area contributed by atoms with E-state index in [1.807, 2.05) is 6.07 Å². The topological polar surface area (TPSA) is 35.2 Å². The van der Waals surface area contributed by atoms with Gasteiger partial charge in [0.15, 0.2) is 0 Å². The zero-order valence-corrected chi connectivity index (χ0v) is 11.5. The maximum absolute atomic E-state index is 6.72. The molecular weight excluding hydrogens is 242 g/mol. The minimum absolute atomic E-state index is 0.331. The number of benzene rings is 1. The Morgan fingerprint density at radius 2 is 2.17 bits per heavy atom. The average molecular weight is 259 g/mol. The van der Waals surface area contributed by atoms with Crippen LogP contribution in [0.2, 0.25) is 0 Å². The van der Waals surface area contributed by atoms with E-state index in [9.17, 15) is 0 Å². The SMILES string of the molecule is COc1ccc2c(c1)C(N)(c1sccc1C)CC2. The molecule has 18 heavy (non-hydrogen) atoms. The third-order valence-corrected chi connectivity index (χ3v) is 5.05. The number of methoxy groups -OCH3 is 1. The predicted molar refractivity (Wildman–Crippen MR) is 75.3 cm³/mol. The molecule has 1 aliphatic rings. The maximum Gasteiger partial charge on any atom is 0.119 e. The summed E-state index contributed by atoms with van der Waals surface area (Å²) in [5, 5.41) is 2.12. The number of rotatable bonds is 2. The number of ether oxygens (including phenoxy) is 1. The van der Waals surface area contributed by atoms with Gasteiger partial charge >= 0.3 is 0 Å². The molecule has 1 heterocycles. The van der Waals surface area contributed by atoms with E-state index in [2.05, 4.69) is 30.5 Å². The van der Waals surface area contributed by atoms with Crippen molar-refractivity contribution >= 4 is 11.3 Å². The van der Waals surface area contributed by atoms with Crippen LogP contribution in [-0.2, 0) is 12.0 Å². The molecule has 2 N–H and O–H groups in total. The van der Waals surface area contributed by atoms with Crippen LogP contribution in [0.1, 0.15) is 28.0 Å². The van der Waals surface area contributed by atoms with Crippen molar-refractivity contribution in [2.24, 2.45) is 5.73 Å². The van der Waals surface area contributed by atoms with E-state index in [0.717, 1.165) is 18.6 Å². The third-order valence-electron chi connectivity index (χ3n) is 3.85. The second kappa shape index (κ2) is 4.11. The van der Waals surface area contributed by atoms with Crippen molar-refractivity contribution in [2.75, 3.05) is 7.11 Å². The molecule has 1 aromatic heterocycles. The third kappa shape index (κ3) is 1.58. The summed E-state index contributed by atoms with van der Waals surface area (Å²) in [5.41, 5.74) is 10.3. The first-order valence-corrected chi connectivity index (χ1v) is 7.04. The summed E-state index contributed by atoms with van der Waals surface area (Å²) < 4.78 is 5.33. The summed E-state index contributed by atoms with van der Waals surface area (Å²) in [6.45, 7) is 2.14. The Bertz CT molecular complexity index is 590. The molecule has 0 fully saturated rings. The van der Waals surface area contributed by atoms with Gasteiger partial charge in [-0.2, -0.15) is 0 Å². The normalized spacial score (nSPS) is 21.9. The summed E-state index contributed by atoms with van der Waals surface area (Å²) in [6, 6.07) is 8.41. The van der Waals surface area contributed by atoms with Crippen LogP contribution < -0.4 is 10.5 Å². The monoisotopic (exact) mass is 259 g/mol. The van der Waals surface area contributed by atoms with Gasteiger partial charge in [-0.05, 0) is 60.0 Å². The fraction of sp³-hybridized carbons (Fsp3) is 0.333. The van der Waals surface area contributed by atoms with Crippen molar-refractivity contribution < 1.29 is 4.74 Å². The van der Waals surface area contributed by atoms with Crippen molar-refractivity contribution in [2.45, 2.75) is 25.3 Å². The Labute approximate surface area is 111 Å². The average Bonchev–Trinajstić information content (AvgIpc) is 2.95. The molecular formula is C15H17NOS. The zero-order valence-electron chi connectivity index (χ0n) is 10.7. The lowest BCUT2D eigenvalue weighted by Gasteiger charge is -2.25. The van der Waals surface area contributed by atoms with Crippen molar-refractivity contribution in [3.63, 3.8) is 0 Å². The van der Waals surface area contributed by atoms with E-state index in [1.54, 1.807) is 18.4 Å². The van der Waals surface area contributed by atoms with Crippen molar-refractivity contribution in [3.8, 4) is 5.75 Å². The van der Waals surface area contributed by atoms with Crippen molar-refractivity contribution in [3.05, 3.63) is 51.2 Å². The highest BCUT2D eigenvalue weighted by Crippen LogP contribution is 2.44. The Hall–Kier alpha value is -1.32. The van der Waals surface area contributed by atoms with E-state index < -0.39 is 0 Å². The van der Waals surface area contributed by atoms with Crippen LogP contribution in [0.25, 0.3) is 0 Å². The van der Waals surface area contributed by atoms with Crippen molar-refractivity contribution in [1.29, 1.82) is 0 Å². The molecule has 1 aliphatic carbocycles.